The van der Waals surface area contributed by atoms with Gasteiger partial charge in [-0.15, -0.1) is 0 Å². The van der Waals surface area contributed by atoms with Crippen LogP contribution in [0.2, 0.25) is 0 Å². The number of rotatable bonds is 5. The van der Waals surface area contributed by atoms with E-state index < -0.39 is 11.6 Å². The van der Waals surface area contributed by atoms with Crippen molar-refractivity contribution in [1.82, 2.24) is 5.32 Å². The molecule has 1 saturated heterocycles. The maximum Gasteiger partial charge on any atom is 0.165 e. The van der Waals surface area contributed by atoms with Crippen molar-refractivity contribution < 1.29 is 18.3 Å². The molecule has 0 saturated carbocycles. The summed E-state index contributed by atoms with van der Waals surface area (Å²) in [5, 5.41) is 3.22. The summed E-state index contributed by atoms with van der Waals surface area (Å²) in [6.07, 6.45) is 2.19. The molecule has 0 atom stereocenters. The molecule has 0 spiro atoms. The van der Waals surface area contributed by atoms with Crippen LogP contribution in [0.4, 0.5) is 8.78 Å². The maximum atomic E-state index is 13.0. The highest BCUT2D eigenvalue weighted by molar-refractivity contribution is 5.96. The van der Waals surface area contributed by atoms with Crippen LogP contribution < -0.4 is 5.32 Å². The Morgan fingerprint density at radius 3 is 2.47 bits per heavy atom. The van der Waals surface area contributed by atoms with Gasteiger partial charge in [0.1, 0.15) is 11.6 Å². The lowest BCUT2D eigenvalue weighted by Crippen LogP contribution is -2.32. The van der Waals surface area contributed by atoms with Crippen LogP contribution in [-0.4, -0.2) is 31.6 Å². The number of benzene rings is 1. The first-order chi connectivity index (χ1) is 9.15. The summed E-state index contributed by atoms with van der Waals surface area (Å²) < 4.78 is 31.5. The molecule has 19 heavy (non-hydrogen) atoms. The average Bonchev–Trinajstić information content (AvgIpc) is 2.38. The fourth-order valence-corrected chi connectivity index (χ4v) is 2.14. The zero-order valence-corrected chi connectivity index (χ0v) is 10.6. The Labute approximate surface area is 111 Å². The number of ether oxygens (including phenoxy) is 1. The Morgan fingerprint density at radius 1 is 1.21 bits per heavy atom. The van der Waals surface area contributed by atoms with Crippen LogP contribution in [0.5, 0.6) is 0 Å². The predicted octanol–water partition coefficient (Wildman–Crippen LogP) is 2.31. The zero-order chi connectivity index (χ0) is 13.7. The van der Waals surface area contributed by atoms with Gasteiger partial charge in [-0.3, -0.25) is 4.79 Å². The molecule has 1 N–H and O–H groups in total. The Kier molecular flexibility index (Phi) is 4.99. The first kappa shape index (κ1) is 14.1. The molecule has 104 valence electrons. The van der Waals surface area contributed by atoms with Crippen LogP contribution in [0.1, 0.15) is 29.6 Å². The van der Waals surface area contributed by atoms with Crippen molar-refractivity contribution in [3.05, 3.63) is 35.4 Å². The van der Waals surface area contributed by atoms with Crippen molar-refractivity contribution in [1.29, 1.82) is 0 Å². The van der Waals surface area contributed by atoms with Gasteiger partial charge in [-0.25, -0.2) is 8.78 Å². The van der Waals surface area contributed by atoms with Gasteiger partial charge >= 0.3 is 0 Å². The van der Waals surface area contributed by atoms with Gasteiger partial charge in [-0.2, -0.15) is 0 Å². The largest absolute Gasteiger partial charge is 0.378 e. The van der Waals surface area contributed by atoms with Crippen molar-refractivity contribution in [3.8, 4) is 0 Å². The van der Waals surface area contributed by atoms with E-state index in [1.54, 1.807) is 0 Å². The Balaban J connectivity index is 1.80. The highest BCUT2D eigenvalue weighted by Gasteiger charge is 2.14. The summed E-state index contributed by atoms with van der Waals surface area (Å²) in [7, 11) is 0. The molecule has 0 aliphatic carbocycles. The van der Waals surface area contributed by atoms with Crippen molar-refractivity contribution >= 4 is 5.78 Å². The molecule has 1 aliphatic heterocycles. The molecule has 1 aliphatic rings. The average molecular weight is 269 g/mol. The zero-order valence-electron chi connectivity index (χ0n) is 10.6. The minimum Gasteiger partial charge on any atom is -0.378 e. The fraction of sp³-hybridized carbons (Fsp3) is 0.500. The second kappa shape index (κ2) is 6.73. The molecular weight excluding hydrogens is 252 g/mol. The minimum absolute atomic E-state index is 0.0615. The van der Waals surface area contributed by atoms with Crippen molar-refractivity contribution in [2.75, 3.05) is 19.7 Å². The summed E-state index contributed by atoms with van der Waals surface area (Å²) in [6, 6.07) is 2.86. The molecule has 0 amide bonds. The van der Waals surface area contributed by atoms with E-state index in [2.05, 4.69) is 5.32 Å². The molecule has 5 heteroatoms. The Hall–Kier alpha value is -1.33. The van der Waals surface area contributed by atoms with Crippen LogP contribution in [0, 0.1) is 11.6 Å². The highest BCUT2D eigenvalue weighted by atomic mass is 19.1. The molecule has 0 aromatic heterocycles. The number of nitrogens with one attached hydrogen (secondary N) is 1. The molecule has 0 radical (unpaired) electrons. The lowest BCUT2D eigenvalue weighted by molar-refractivity contribution is 0.0313. The van der Waals surface area contributed by atoms with Crippen LogP contribution in [0.25, 0.3) is 0 Å². The van der Waals surface area contributed by atoms with E-state index in [1.807, 2.05) is 0 Å². The van der Waals surface area contributed by atoms with Crippen LogP contribution in [0.15, 0.2) is 18.2 Å². The normalized spacial score (nSPS) is 16.5. The number of Topliss-reactive ketones (excluding diaryl/α,β-unsaturated/α-hetero) is 1. The van der Waals surface area contributed by atoms with Gasteiger partial charge in [0.2, 0.25) is 0 Å². The molecule has 0 bridgehead atoms. The van der Waals surface area contributed by atoms with E-state index in [4.69, 9.17) is 4.74 Å². The van der Waals surface area contributed by atoms with E-state index >= 15 is 0 Å². The van der Waals surface area contributed by atoms with Gasteiger partial charge in [-0.05, 0) is 38.1 Å². The van der Waals surface area contributed by atoms with E-state index in [0.29, 0.717) is 6.61 Å². The van der Waals surface area contributed by atoms with Gasteiger partial charge in [-0.1, -0.05) is 0 Å². The quantitative estimate of drug-likeness (QED) is 0.834. The van der Waals surface area contributed by atoms with Crippen LogP contribution in [0.3, 0.4) is 0 Å². The highest BCUT2D eigenvalue weighted by Crippen LogP contribution is 2.12. The molecular formula is C14H17F2NO2. The molecule has 3 nitrogen and oxygen atoms in total. The SMILES string of the molecule is O=C(CCOC1CCNCC1)c1cc(F)cc(F)c1. The van der Waals surface area contributed by atoms with Crippen molar-refractivity contribution in [3.63, 3.8) is 0 Å². The van der Waals surface area contributed by atoms with E-state index in [9.17, 15) is 13.6 Å². The summed E-state index contributed by atoms with van der Waals surface area (Å²) in [4.78, 5) is 11.8. The Morgan fingerprint density at radius 2 is 1.84 bits per heavy atom. The standard InChI is InChI=1S/C14H17F2NO2/c15-11-7-10(8-12(16)9-11)14(18)3-6-19-13-1-4-17-5-2-13/h7-9,13,17H,1-6H2. The monoisotopic (exact) mass is 269 g/mol. The lowest BCUT2D eigenvalue weighted by Gasteiger charge is -2.22. The third-order valence-electron chi connectivity index (χ3n) is 3.15. The summed E-state index contributed by atoms with van der Waals surface area (Å²) in [5.41, 5.74) is 0.0615. The summed E-state index contributed by atoms with van der Waals surface area (Å²) in [6.45, 7) is 2.14. The number of halogens is 2. The number of carbonyl (C=O) groups excluding carboxylic acids is 1. The molecule has 0 unspecified atom stereocenters. The van der Waals surface area contributed by atoms with Crippen molar-refractivity contribution in [2.24, 2.45) is 0 Å². The van der Waals surface area contributed by atoms with Gasteiger partial charge in [0.05, 0.1) is 12.7 Å². The van der Waals surface area contributed by atoms with Gasteiger partial charge < -0.3 is 10.1 Å². The van der Waals surface area contributed by atoms with E-state index in [-0.39, 0.29) is 23.9 Å². The molecule has 1 heterocycles. The first-order valence-corrected chi connectivity index (χ1v) is 6.47. The van der Waals surface area contributed by atoms with Crippen LogP contribution >= 0.6 is 0 Å². The predicted molar refractivity (Wildman–Crippen MR) is 67.1 cm³/mol. The smallest absolute Gasteiger partial charge is 0.165 e. The fourth-order valence-electron chi connectivity index (χ4n) is 2.14. The van der Waals surface area contributed by atoms with E-state index in [1.165, 1.54) is 0 Å². The second-order valence-electron chi connectivity index (χ2n) is 4.65. The molecule has 1 fully saturated rings. The lowest BCUT2D eigenvalue weighted by atomic mass is 10.1. The number of hydrogen-bond donors (Lipinski definition) is 1. The van der Waals surface area contributed by atoms with Gasteiger partial charge in [0, 0.05) is 18.1 Å². The molecule has 1 aromatic carbocycles. The number of carbonyl (C=O) groups is 1. The summed E-state index contributed by atoms with van der Waals surface area (Å²) in [5.74, 6) is -1.77. The topological polar surface area (TPSA) is 38.3 Å². The maximum absolute atomic E-state index is 13.0. The van der Waals surface area contributed by atoms with Crippen molar-refractivity contribution in [2.45, 2.75) is 25.4 Å². The van der Waals surface area contributed by atoms with E-state index in [0.717, 1.165) is 44.1 Å². The first-order valence-electron chi connectivity index (χ1n) is 6.47. The van der Waals surface area contributed by atoms with Crippen LogP contribution in [-0.2, 0) is 4.74 Å². The molecule has 2 rings (SSSR count). The third-order valence-corrected chi connectivity index (χ3v) is 3.15. The molecule has 1 aromatic rings. The third kappa shape index (κ3) is 4.36. The minimum atomic E-state index is -0.734. The number of ketones is 1. The van der Waals surface area contributed by atoms with Gasteiger partial charge in [0.15, 0.2) is 5.78 Å². The second-order valence-corrected chi connectivity index (χ2v) is 4.65. The number of piperidine rings is 1. The summed E-state index contributed by atoms with van der Waals surface area (Å²) >= 11 is 0. The van der Waals surface area contributed by atoms with Gasteiger partial charge in [0.25, 0.3) is 0 Å². The Bertz CT molecular complexity index is 425. The number of hydrogen-bond acceptors (Lipinski definition) is 3.